The van der Waals surface area contributed by atoms with Crippen molar-refractivity contribution in [3.63, 3.8) is 0 Å². The van der Waals surface area contributed by atoms with Crippen LogP contribution in [-0.2, 0) is 4.74 Å². The molecule has 0 saturated carbocycles. The molecule has 2 N–H and O–H groups in total. The molecule has 6 aromatic carbocycles. The molecule has 6 aromatic rings. The quantitative estimate of drug-likeness (QED) is 0.0994. The van der Waals surface area contributed by atoms with Crippen LogP contribution in [0.2, 0.25) is 10.0 Å². The highest BCUT2D eigenvalue weighted by atomic mass is 79.9. The zero-order chi connectivity index (χ0) is 35.7. The fraction of sp³-hybridized carbons (Fsp3) is 0.105. The molecule has 11 heteroatoms. The van der Waals surface area contributed by atoms with Crippen LogP contribution in [0.5, 0.6) is 11.5 Å². The van der Waals surface area contributed by atoms with Gasteiger partial charge >= 0.3 is 13.1 Å². The van der Waals surface area contributed by atoms with Crippen molar-refractivity contribution in [3.05, 3.63) is 135 Å². The Kier molecular flexibility index (Phi) is 13.2. The smallest absolute Gasteiger partial charge is 0.488 e. The van der Waals surface area contributed by atoms with E-state index in [1.807, 2.05) is 66.7 Å². The van der Waals surface area contributed by atoms with Crippen molar-refractivity contribution in [2.75, 3.05) is 21.3 Å². The second kappa shape index (κ2) is 17.3. The Labute approximate surface area is 303 Å². The van der Waals surface area contributed by atoms with Gasteiger partial charge in [0.15, 0.2) is 5.78 Å². The van der Waals surface area contributed by atoms with E-state index in [-0.39, 0.29) is 5.78 Å². The predicted molar refractivity (Wildman–Crippen MR) is 202 cm³/mol. The standard InChI is InChI=1S/C19H15ClO3.C11H11BO3.C8H6BrClO/c1-22-16-7-5-12-9-14(4-3-13(12)10-16)17-8-6-15(20)11-18(17)19(21)23-2;1-15-11-5-3-8-6-10(12(13)14)4-2-9(8)7-11;1-5(11)7-4-6(10)2-3-8(7)9/h3-11H,1-2H3;2-7,13-14H,1H3;2-4H,1H3. The number of fused-ring (bicyclic) bond motifs is 2. The van der Waals surface area contributed by atoms with Crippen LogP contribution in [0, 0.1) is 0 Å². The van der Waals surface area contributed by atoms with Crippen LogP contribution in [0.25, 0.3) is 32.7 Å². The average Bonchev–Trinajstić information content (AvgIpc) is 3.11. The molecule has 0 radical (unpaired) electrons. The minimum absolute atomic E-state index is 0.0133. The molecule has 6 rings (SSSR count). The summed E-state index contributed by atoms with van der Waals surface area (Å²) < 4.78 is 16.0. The summed E-state index contributed by atoms with van der Waals surface area (Å²) in [5, 5.41) is 23.2. The fourth-order valence-corrected chi connectivity index (χ4v) is 5.73. The molecule has 0 heterocycles. The first-order valence-corrected chi connectivity index (χ1v) is 16.3. The molecular formula is C38H32BBrCl2O7. The number of benzene rings is 6. The minimum Gasteiger partial charge on any atom is -0.497 e. The van der Waals surface area contributed by atoms with Gasteiger partial charge in [-0.05, 0) is 106 Å². The number of hydrogen-bond donors (Lipinski definition) is 2. The molecule has 0 aliphatic heterocycles. The summed E-state index contributed by atoms with van der Waals surface area (Å²) >= 11 is 15.0. The van der Waals surface area contributed by atoms with E-state index in [2.05, 4.69) is 15.9 Å². The summed E-state index contributed by atoms with van der Waals surface area (Å²) in [5.74, 6) is 1.21. The minimum atomic E-state index is -1.42. The first kappa shape index (κ1) is 37.4. The Morgan fingerprint density at radius 2 is 1.14 bits per heavy atom. The van der Waals surface area contributed by atoms with E-state index in [0.717, 1.165) is 48.6 Å². The monoisotopic (exact) mass is 760 g/mol. The van der Waals surface area contributed by atoms with Crippen LogP contribution >= 0.6 is 39.1 Å². The lowest BCUT2D eigenvalue weighted by Gasteiger charge is -2.10. The molecule has 0 bridgehead atoms. The summed E-state index contributed by atoms with van der Waals surface area (Å²) in [6.45, 7) is 1.51. The van der Waals surface area contributed by atoms with E-state index >= 15 is 0 Å². The SMILES string of the molecule is CC(=O)c1cc(Cl)ccc1Br.COC(=O)c1cc(Cl)ccc1-c1ccc2cc(OC)ccc2c1.COc1ccc2cc(B(O)O)ccc2c1. The maximum absolute atomic E-state index is 12.0. The van der Waals surface area contributed by atoms with E-state index in [4.69, 9.17) is 47.5 Å². The predicted octanol–water partition coefficient (Wildman–Crippen LogP) is 8.79. The van der Waals surface area contributed by atoms with Gasteiger partial charge < -0.3 is 24.3 Å². The zero-order valence-corrected chi connectivity index (χ0v) is 30.1. The second-order valence-corrected chi connectivity index (χ2v) is 12.4. The molecule has 49 heavy (non-hydrogen) atoms. The molecule has 250 valence electrons. The Hall–Kier alpha value is -4.38. The normalized spacial score (nSPS) is 10.3. The number of carbonyl (C=O) groups excluding carboxylic acids is 2. The van der Waals surface area contributed by atoms with Gasteiger partial charge in [0.25, 0.3) is 0 Å². The van der Waals surface area contributed by atoms with Crippen molar-refractivity contribution in [3.8, 4) is 22.6 Å². The van der Waals surface area contributed by atoms with E-state index in [9.17, 15) is 9.59 Å². The van der Waals surface area contributed by atoms with E-state index in [1.54, 1.807) is 56.7 Å². The molecule has 7 nitrogen and oxygen atoms in total. The van der Waals surface area contributed by atoms with Crippen molar-refractivity contribution < 1.29 is 33.8 Å². The first-order valence-electron chi connectivity index (χ1n) is 14.8. The van der Waals surface area contributed by atoms with Crippen LogP contribution < -0.4 is 14.9 Å². The van der Waals surface area contributed by atoms with Gasteiger partial charge in [-0.25, -0.2) is 4.79 Å². The van der Waals surface area contributed by atoms with Crippen LogP contribution in [0.15, 0.2) is 114 Å². The fourth-order valence-electron chi connectivity index (χ4n) is 4.86. The number of hydrogen-bond acceptors (Lipinski definition) is 7. The first-order chi connectivity index (χ1) is 23.4. The van der Waals surface area contributed by atoms with Gasteiger partial charge in [-0.15, -0.1) is 0 Å². The summed E-state index contributed by atoms with van der Waals surface area (Å²) in [6.07, 6.45) is 0. The van der Waals surface area contributed by atoms with Gasteiger partial charge in [0.1, 0.15) is 11.5 Å². The number of ketones is 1. The number of methoxy groups -OCH3 is 3. The molecular weight excluding hydrogens is 730 g/mol. The zero-order valence-electron chi connectivity index (χ0n) is 27.0. The molecule has 0 fully saturated rings. The lowest BCUT2D eigenvalue weighted by atomic mass is 9.79. The number of Topliss-reactive ketones (excluding diaryl/α,β-unsaturated/α-hetero) is 1. The Morgan fingerprint density at radius 3 is 1.67 bits per heavy atom. The van der Waals surface area contributed by atoms with E-state index in [1.165, 1.54) is 14.0 Å². The molecule has 0 aromatic heterocycles. The van der Waals surface area contributed by atoms with Gasteiger partial charge in [-0.1, -0.05) is 87.7 Å². The number of esters is 1. The van der Waals surface area contributed by atoms with Crippen LogP contribution in [0.1, 0.15) is 27.6 Å². The van der Waals surface area contributed by atoms with Gasteiger partial charge in [0.05, 0.1) is 26.9 Å². The summed E-state index contributed by atoms with van der Waals surface area (Å²) in [4.78, 5) is 22.9. The third kappa shape index (κ3) is 9.84. The Balaban J connectivity index is 0.000000179. The maximum Gasteiger partial charge on any atom is 0.488 e. The Morgan fingerprint density at radius 1 is 0.633 bits per heavy atom. The van der Waals surface area contributed by atoms with Crippen LogP contribution in [-0.4, -0.2) is 50.2 Å². The largest absolute Gasteiger partial charge is 0.497 e. The Bertz CT molecular complexity index is 2120. The average molecular weight is 762 g/mol. The van der Waals surface area contributed by atoms with Crippen molar-refractivity contribution >= 4 is 85.0 Å². The number of halogens is 3. The molecule has 0 unspecified atom stereocenters. The van der Waals surface area contributed by atoms with Gasteiger partial charge in [0, 0.05) is 20.1 Å². The summed E-state index contributed by atoms with van der Waals surface area (Å²) in [7, 11) is 3.20. The molecule has 0 amide bonds. The highest BCUT2D eigenvalue weighted by Crippen LogP contribution is 2.31. The van der Waals surface area contributed by atoms with E-state index in [0.29, 0.717) is 26.6 Å². The lowest BCUT2D eigenvalue weighted by Crippen LogP contribution is -2.29. The molecule has 0 spiro atoms. The lowest BCUT2D eigenvalue weighted by molar-refractivity contribution is 0.0601. The number of ether oxygens (including phenoxy) is 3. The highest BCUT2D eigenvalue weighted by Gasteiger charge is 2.15. The number of rotatable bonds is 6. The van der Waals surface area contributed by atoms with Crippen LogP contribution in [0.4, 0.5) is 0 Å². The summed E-state index contributed by atoms with van der Waals surface area (Å²) in [6, 6.07) is 33.2. The third-order valence-electron chi connectivity index (χ3n) is 7.42. The topological polar surface area (TPSA) is 102 Å². The molecule has 0 saturated heterocycles. The molecule has 0 aliphatic rings. The summed E-state index contributed by atoms with van der Waals surface area (Å²) in [5.41, 5.74) is 3.29. The van der Waals surface area contributed by atoms with Gasteiger partial charge in [-0.3, -0.25) is 4.79 Å². The molecule has 0 aliphatic carbocycles. The van der Waals surface area contributed by atoms with Crippen molar-refractivity contribution in [2.45, 2.75) is 6.92 Å². The highest BCUT2D eigenvalue weighted by molar-refractivity contribution is 9.10. The van der Waals surface area contributed by atoms with Crippen LogP contribution in [0.3, 0.4) is 0 Å². The van der Waals surface area contributed by atoms with Crippen molar-refractivity contribution in [1.29, 1.82) is 0 Å². The number of carbonyl (C=O) groups is 2. The van der Waals surface area contributed by atoms with Crippen molar-refractivity contribution in [1.82, 2.24) is 0 Å². The maximum atomic E-state index is 12.0. The van der Waals surface area contributed by atoms with E-state index < -0.39 is 13.1 Å². The third-order valence-corrected chi connectivity index (χ3v) is 8.58. The van der Waals surface area contributed by atoms with Gasteiger partial charge in [-0.2, -0.15) is 0 Å². The molecule has 0 atom stereocenters. The van der Waals surface area contributed by atoms with Gasteiger partial charge in [0.2, 0.25) is 0 Å². The second-order valence-electron chi connectivity index (χ2n) is 10.6. The van der Waals surface area contributed by atoms with Crippen molar-refractivity contribution in [2.24, 2.45) is 0 Å².